The first-order valence-electron chi connectivity index (χ1n) is 12.3. The lowest BCUT2D eigenvalue weighted by atomic mass is 9.56. The molecular formula is C29H40O2. The molecule has 2 atom stereocenters. The predicted octanol–water partition coefficient (Wildman–Crippen LogP) is 7.85. The average molecular weight is 421 g/mol. The van der Waals surface area contributed by atoms with Crippen molar-refractivity contribution in [2.45, 2.75) is 91.9 Å². The standard InChI is InChI=1S/C29H40O2/c1-18-13-21(4)27(30)23(15-18)26(24-16-19(2)14-22(5)28(24)31)25-17-29(12-9-20(25)3)10-7-6-8-11-29/h13-16,20,25-26,30-31H,6-12,17H2,1-5H3. The van der Waals surface area contributed by atoms with E-state index in [-0.39, 0.29) is 5.92 Å². The number of hydrogen-bond donors (Lipinski definition) is 2. The lowest BCUT2D eigenvalue weighted by molar-refractivity contribution is 0.0489. The van der Waals surface area contributed by atoms with Crippen molar-refractivity contribution >= 4 is 0 Å². The Balaban J connectivity index is 1.89. The van der Waals surface area contributed by atoms with E-state index in [1.54, 1.807) is 0 Å². The lowest BCUT2D eigenvalue weighted by Crippen LogP contribution is -2.37. The van der Waals surface area contributed by atoms with Crippen LogP contribution in [0.1, 0.15) is 97.6 Å². The van der Waals surface area contributed by atoms with E-state index in [2.05, 4.69) is 45.0 Å². The van der Waals surface area contributed by atoms with E-state index in [9.17, 15) is 10.2 Å². The van der Waals surface area contributed by atoms with Gasteiger partial charge in [0.2, 0.25) is 0 Å². The molecule has 2 N–H and O–H groups in total. The maximum absolute atomic E-state index is 11.2. The molecule has 31 heavy (non-hydrogen) atoms. The first-order valence-corrected chi connectivity index (χ1v) is 12.3. The van der Waals surface area contributed by atoms with E-state index < -0.39 is 0 Å². The monoisotopic (exact) mass is 420 g/mol. The van der Waals surface area contributed by atoms with E-state index in [0.29, 0.717) is 28.7 Å². The highest BCUT2D eigenvalue weighted by atomic mass is 16.3. The number of phenols is 2. The molecule has 2 nitrogen and oxygen atoms in total. The van der Waals surface area contributed by atoms with E-state index in [1.807, 2.05) is 13.8 Å². The summed E-state index contributed by atoms with van der Waals surface area (Å²) in [7, 11) is 0. The largest absolute Gasteiger partial charge is 0.507 e. The fraction of sp³-hybridized carbons (Fsp3) is 0.586. The highest BCUT2D eigenvalue weighted by Crippen LogP contribution is 2.57. The van der Waals surface area contributed by atoms with Gasteiger partial charge in [-0.15, -0.1) is 0 Å². The summed E-state index contributed by atoms with van der Waals surface area (Å²) in [6.45, 7) is 10.6. The molecule has 1 spiro atoms. The van der Waals surface area contributed by atoms with Crippen molar-refractivity contribution in [3.63, 3.8) is 0 Å². The molecule has 2 fully saturated rings. The normalized spacial score (nSPS) is 23.4. The molecule has 2 aliphatic rings. The molecule has 2 heteroatoms. The predicted molar refractivity (Wildman–Crippen MR) is 129 cm³/mol. The minimum absolute atomic E-state index is 0.0197. The second kappa shape index (κ2) is 8.52. The zero-order chi connectivity index (χ0) is 22.3. The van der Waals surface area contributed by atoms with E-state index >= 15 is 0 Å². The number of hydrogen-bond acceptors (Lipinski definition) is 2. The molecule has 0 radical (unpaired) electrons. The van der Waals surface area contributed by atoms with Crippen LogP contribution in [0.2, 0.25) is 0 Å². The van der Waals surface area contributed by atoms with Gasteiger partial charge in [-0.1, -0.05) is 61.6 Å². The Morgan fingerprint density at radius 1 is 0.774 bits per heavy atom. The molecule has 0 amide bonds. The number of benzene rings is 2. The molecule has 2 unspecified atom stereocenters. The van der Waals surface area contributed by atoms with Crippen LogP contribution in [0.25, 0.3) is 0 Å². The molecular weight excluding hydrogens is 380 g/mol. The van der Waals surface area contributed by atoms with Crippen LogP contribution in [0.3, 0.4) is 0 Å². The summed E-state index contributed by atoms with van der Waals surface area (Å²) < 4.78 is 0. The summed E-state index contributed by atoms with van der Waals surface area (Å²) in [6, 6.07) is 8.45. The Hall–Kier alpha value is -1.96. The summed E-state index contributed by atoms with van der Waals surface area (Å²) in [5.74, 6) is 1.82. The highest BCUT2D eigenvalue weighted by molar-refractivity contribution is 5.54. The van der Waals surface area contributed by atoms with Crippen molar-refractivity contribution < 1.29 is 10.2 Å². The van der Waals surface area contributed by atoms with Crippen LogP contribution in [-0.2, 0) is 0 Å². The van der Waals surface area contributed by atoms with Gasteiger partial charge in [-0.2, -0.15) is 0 Å². The molecule has 0 heterocycles. The van der Waals surface area contributed by atoms with Crippen LogP contribution >= 0.6 is 0 Å². The van der Waals surface area contributed by atoms with Gasteiger partial charge in [-0.05, 0) is 88.2 Å². The molecule has 0 aromatic heterocycles. The van der Waals surface area contributed by atoms with Crippen LogP contribution in [-0.4, -0.2) is 10.2 Å². The maximum atomic E-state index is 11.2. The van der Waals surface area contributed by atoms with Gasteiger partial charge in [0, 0.05) is 17.0 Å². The van der Waals surface area contributed by atoms with Gasteiger partial charge in [0.05, 0.1) is 0 Å². The first kappa shape index (κ1) is 22.2. The fourth-order valence-electron chi connectivity index (χ4n) is 6.84. The van der Waals surface area contributed by atoms with Gasteiger partial charge in [0.15, 0.2) is 0 Å². The van der Waals surface area contributed by atoms with Crippen molar-refractivity contribution in [1.29, 1.82) is 0 Å². The van der Waals surface area contributed by atoms with Crippen LogP contribution in [0.4, 0.5) is 0 Å². The molecule has 2 aliphatic carbocycles. The number of rotatable bonds is 3. The summed E-state index contributed by atoms with van der Waals surface area (Å²) in [6.07, 6.45) is 10.6. The summed E-state index contributed by atoms with van der Waals surface area (Å²) in [5.41, 5.74) is 6.67. The molecule has 2 saturated carbocycles. The van der Waals surface area contributed by atoms with Crippen LogP contribution in [0, 0.1) is 44.9 Å². The molecule has 2 aromatic rings. The molecule has 0 bridgehead atoms. The average Bonchev–Trinajstić information content (AvgIpc) is 2.72. The topological polar surface area (TPSA) is 40.5 Å². The number of aryl methyl sites for hydroxylation is 4. The maximum Gasteiger partial charge on any atom is 0.122 e. The van der Waals surface area contributed by atoms with Gasteiger partial charge in [-0.3, -0.25) is 0 Å². The minimum Gasteiger partial charge on any atom is -0.507 e. The SMILES string of the molecule is Cc1cc(C)c(O)c(C(c2cc(C)cc(C)c2O)C2CC3(CCCCC3)CCC2C)c1. The first-order chi connectivity index (χ1) is 14.7. The van der Waals surface area contributed by atoms with Gasteiger partial charge in [0.1, 0.15) is 11.5 Å². The number of aromatic hydroxyl groups is 2. The van der Waals surface area contributed by atoms with Gasteiger partial charge in [0.25, 0.3) is 0 Å². The molecule has 168 valence electrons. The molecule has 4 rings (SSSR count). The van der Waals surface area contributed by atoms with Crippen LogP contribution in [0.5, 0.6) is 11.5 Å². The van der Waals surface area contributed by atoms with Crippen molar-refractivity contribution in [3.05, 3.63) is 57.6 Å². The van der Waals surface area contributed by atoms with Crippen LogP contribution < -0.4 is 0 Å². The third kappa shape index (κ3) is 4.23. The fourth-order valence-corrected chi connectivity index (χ4v) is 6.84. The Bertz CT molecular complexity index is 894. The Kier molecular flexibility index (Phi) is 6.12. The van der Waals surface area contributed by atoms with E-state index in [4.69, 9.17) is 0 Å². The smallest absolute Gasteiger partial charge is 0.122 e. The van der Waals surface area contributed by atoms with Crippen molar-refractivity contribution in [2.24, 2.45) is 17.3 Å². The van der Waals surface area contributed by atoms with E-state index in [0.717, 1.165) is 22.3 Å². The van der Waals surface area contributed by atoms with Crippen molar-refractivity contribution in [2.75, 3.05) is 0 Å². The van der Waals surface area contributed by atoms with Gasteiger partial charge < -0.3 is 10.2 Å². The third-order valence-electron chi connectivity index (χ3n) is 8.49. The Labute approximate surface area is 188 Å². The van der Waals surface area contributed by atoms with E-state index in [1.165, 1.54) is 62.5 Å². The molecule has 0 aliphatic heterocycles. The molecule has 2 aromatic carbocycles. The lowest BCUT2D eigenvalue weighted by Gasteiger charge is -2.49. The summed E-state index contributed by atoms with van der Waals surface area (Å²) >= 11 is 0. The molecule has 0 saturated heterocycles. The summed E-state index contributed by atoms with van der Waals surface area (Å²) in [5, 5.41) is 22.4. The van der Waals surface area contributed by atoms with Crippen molar-refractivity contribution in [1.82, 2.24) is 0 Å². The Morgan fingerprint density at radius 2 is 1.29 bits per heavy atom. The second-order valence-corrected chi connectivity index (χ2v) is 11.0. The van der Waals surface area contributed by atoms with Gasteiger partial charge >= 0.3 is 0 Å². The van der Waals surface area contributed by atoms with Gasteiger partial charge in [-0.25, -0.2) is 0 Å². The summed E-state index contributed by atoms with van der Waals surface area (Å²) in [4.78, 5) is 0. The van der Waals surface area contributed by atoms with Crippen LogP contribution in [0.15, 0.2) is 24.3 Å². The quantitative estimate of drug-likeness (QED) is 0.531. The Morgan fingerprint density at radius 3 is 1.81 bits per heavy atom. The zero-order valence-electron chi connectivity index (χ0n) is 20.1. The highest BCUT2D eigenvalue weighted by Gasteiger charge is 2.44. The third-order valence-corrected chi connectivity index (χ3v) is 8.49. The second-order valence-electron chi connectivity index (χ2n) is 11.0. The minimum atomic E-state index is 0.0197. The van der Waals surface area contributed by atoms with Crippen molar-refractivity contribution in [3.8, 4) is 11.5 Å². The number of phenolic OH excluding ortho intramolecular Hbond substituents is 2. The zero-order valence-corrected chi connectivity index (χ0v) is 20.1.